The first-order valence-electron chi connectivity index (χ1n) is 13.2. The van der Waals surface area contributed by atoms with Crippen LogP contribution < -0.4 is 9.64 Å². The van der Waals surface area contributed by atoms with E-state index in [2.05, 4.69) is 4.85 Å². The van der Waals surface area contributed by atoms with E-state index in [0.717, 1.165) is 32.3 Å². The molecule has 0 amide bonds. The maximum absolute atomic E-state index is 9.36. The van der Waals surface area contributed by atoms with Gasteiger partial charge in [-0.15, -0.1) is 11.3 Å². The van der Waals surface area contributed by atoms with Gasteiger partial charge in [0.15, 0.2) is 11.3 Å². The molecule has 1 N–H and O–H groups in total. The fourth-order valence-corrected chi connectivity index (χ4v) is 5.19. The number of allylic oxidation sites excluding steroid dienone is 1. The van der Waals surface area contributed by atoms with Crippen LogP contribution in [0.25, 0.3) is 23.1 Å². The molecule has 8 heteroatoms. The van der Waals surface area contributed by atoms with Crippen LogP contribution in [0.15, 0.2) is 89.3 Å². The van der Waals surface area contributed by atoms with Crippen LogP contribution in [-0.2, 0) is 11.3 Å². The van der Waals surface area contributed by atoms with Gasteiger partial charge in [-0.3, -0.25) is 0 Å². The third-order valence-electron chi connectivity index (χ3n) is 6.64. The van der Waals surface area contributed by atoms with Crippen LogP contribution in [-0.4, -0.2) is 30.9 Å². The normalized spacial score (nSPS) is 14.0. The monoisotopic (exact) mass is 574 g/mol. The van der Waals surface area contributed by atoms with Crippen molar-refractivity contribution in [2.75, 3.05) is 25.1 Å². The summed E-state index contributed by atoms with van der Waals surface area (Å²) in [5.41, 5.74) is 2.70. The molecule has 2 heterocycles. The van der Waals surface area contributed by atoms with Crippen LogP contribution in [0.2, 0.25) is 0 Å². The van der Waals surface area contributed by atoms with Crippen LogP contribution >= 0.6 is 11.3 Å². The van der Waals surface area contributed by atoms with Gasteiger partial charge in [0.05, 0.1) is 13.2 Å². The number of hydrogen-bond donors (Lipinski definition) is 1. The molecule has 0 fully saturated rings. The lowest BCUT2D eigenvalue weighted by Gasteiger charge is -2.21. The average molecular weight is 575 g/mol. The summed E-state index contributed by atoms with van der Waals surface area (Å²) in [6.45, 7) is 12.3. The van der Waals surface area contributed by atoms with Crippen molar-refractivity contribution in [2.45, 2.75) is 26.1 Å². The van der Waals surface area contributed by atoms with Gasteiger partial charge in [0.1, 0.15) is 30.1 Å². The van der Waals surface area contributed by atoms with Crippen molar-refractivity contribution >= 4 is 35.3 Å². The molecule has 210 valence electrons. The van der Waals surface area contributed by atoms with Gasteiger partial charge in [0, 0.05) is 46.2 Å². The molecule has 2 aromatic carbocycles. The molecule has 0 bridgehead atoms. The highest BCUT2D eigenvalue weighted by atomic mass is 32.1. The molecule has 0 unspecified atom stereocenters. The lowest BCUT2D eigenvalue weighted by molar-refractivity contribution is 0.0954. The van der Waals surface area contributed by atoms with Gasteiger partial charge < -0.3 is 19.5 Å². The lowest BCUT2D eigenvalue weighted by atomic mass is 9.97. The van der Waals surface area contributed by atoms with Crippen LogP contribution in [0, 0.1) is 29.2 Å². The van der Waals surface area contributed by atoms with E-state index in [1.54, 1.807) is 11.3 Å². The van der Waals surface area contributed by atoms with Gasteiger partial charge in [-0.25, -0.2) is 4.85 Å². The Morgan fingerprint density at radius 2 is 1.74 bits per heavy atom. The third kappa shape index (κ3) is 6.97. The number of anilines is 1. The van der Waals surface area contributed by atoms with E-state index in [9.17, 15) is 15.6 Å². The van der Waals surface area contributed by atoms with E-state index >= 15 is 0 Å². The van der Waals surface area contributed by atoms with Crippen molar-refractivity contribution in [3.63, 3.8) is 0 Å². The highest BCUT2D eigenvalue weighted by molar-refractivity contribution is 7.13. The van der Waals surface area contributed by atoms with Crippen LogP contribution in [0.5, 0.6) is 5.75 Å². The summed E-state index contributed by atoms with van der Waals surface area (Å²) in [6.07, 6.45) is 7.78. The predicted molar refractivity (Wildman–Crippen MR) is 167 cm³/mol. The maximum Gasteiger partial charge on any atom is 0.237 e. The summed E-state index contributed by atoms with van der Waals surface area (Å²) in [6, 6.07) is 23.7. The number of nitriles is 2. The van der Waals surface area contributed by atoms with Crippen molar-refractivity contribution in [2.24, 2.45) is 0 Å². The molecular formula is C34H30N4O3S. The number of aliphatic hydroxyl groups excluding tert-OH is 1. The third-order valence-corrected chi connectivity index (χ3v) is 7.65. The molecular weight excluding hydrogens is 544 g/mol. The summed E-state index contributed by atoms with van der Waals surface area (Å²) >= 11 is 1.58. The number of benzene rings is 2. The Morgan fingerprint density at radius 3 is 2.38 bits per heavy atom. The molecule has 7 nitrogen and oxygen atoms in total. The van der Waals surface area contributed by atoms with Gasteiger partial charge in [0.2, 0.25) is 5.70 Å². The first-order valence-corrected chi connectivity index (χ1v) is 14.1. The Bertz CT molecular complexity index is 1680. The number of hydrogen-bond acceptors (Lipinski definition) is 7. The molecule has 0 aliphatic carbocycles. The lowest BCUT2D eigenvalue weighted by Crippen LogP contribution is -2.21. The standard InChI is InChI=1S/C34H30N4O3S/c1-34(2)30(32(37-3)33(41-34)26(21-35)22-36)17-16-29-15-14-28(42-29)13-11-25-10-12-27(38(4)18-19-39)20-31(25)40-23-24-8-6-5-7-9-24/h5-17,20,39H,18-19,23H2,1-2,4H3/b13-11+,17-16+. The summed E-state index contributed by atoms with van der Waals surface area (Å²) in [5.74, 6) is 0.780. The Kier molecular flexibility index (Phi) is 9.63. The second-order valence-corrected chi connectivity index (χ2v) is 11.1. The van der Waals surface area contributed by atoms with E-state index in [1.165, 1.54) is 0 Å². The second-order valence-electron chi connectivity index (χ2n) is 9.96. The smallest absolute Gasteiger partial charge is 0.237 e. The number of rotatable bonds is 10. The maximum atomic E-state index is 9.36. The Balaban J connectivity index is 1.57. The van der Waals surface area contributed by atoms with Crippen molar-refractivity contribution in [1.29, 1.82) is 10.5 Å². The van der Waals surface area contributed by atoms with Crippen LogP contribution in [0.3, 0.4) is 0 Å². The number of ether oxygens (including phenoxy) is 2. The van der Waals surface area contributed by atoms with Crippen molar-refractivity contribution in [3.05, 3.63) is 122 Å². The minimum absolute atomic E-state index is 0.0355. The zero-order chi connectivity index (χ0) is 30.1. The van der Waals surface area contributed by atoms with E-state index in [-0.39, 0.29) is 23.6 Å². The largest absolute Gasteiger partial charge is 0.493 e. The molecule has 1 aliphatic rings. The number of likely N-dealkylation sites (N-methyl/N-ethyl adjacent to an activating group) is 1. The Labute approximate surface area is 250 Å². The molecule has 1 aliphatic heterocycles. The Hall–Kier alpha value is -5.07. The van der Waals surface area contributed by atoms with E-state index < -0.39 is 5.60 Å². The molecule has 0 atom stereocenters. The molecule has 0 saturated carbocycles. The van der Waals surface area contributed by atoms with Gasteiger partial charge in [0.25, 0.3) is 0 Å². The first-order chi connectivity index (χ1) is 20.3. The summed E-state index contributed by atoms with van der Waals surface area (Å²) in [5, 5.41) is 27.9. The van der Waals surface area contributed by atoms with Crippen molar-refractivity contribution in [1.82, 2.24) is 0 Å². The van der Waals surface area contributed by atoms with Gasteiger partial charge in [-0.05, 0) is 61.9 Å². The summed E-state index contributed by atoms with van der Waals surface area (Å²) in [4.78, 5) is 7.55. The van der Waals surface area contributed by atoms with Crippen LogP contribution in [0.4, 0.5) is 5.69 Å². The van der Waals surface area contributed by atoms with E-state index in [4.69, 9.17) is 16.0 Å². The molecule has 1 aromatic heterocycles. The Morgan fingerprint density at radius 1 is 1.05 bits per heavy atom. The first kappa shape index (κ1) is 29.9. The van der Waals surface area contributed by atoms with Gasteiger partial charge in [-0.2, -0.15) is 10.5 Å². The average Bonchev–Trinajstić information content (AvgIpc) is 3.55. The quantitative estimate of drug-likeness (QED) is 0.203. The highest BCUT2D eigenvalue weighted by Crippen LogP contribution is 2.41. The van der Waals surface area contributed by atoms with Crippen molar-refractivity contribution < 1.29 is 14.6 Å². The highest BCUT2D eigenvalue weighted by Gasteiger charge is 2.38. The minimum atomic E-state index is -0.849. The molecule has 0 radical (unpaired) electrons. The van der Waals surface area contributed by atoms with E-state index in [0.29, 0.717) is 18.7 Å². The summed E-state index contributed by atoms with van der Waals surface area (Å²) in [7, 11) is 1.93. The molecule has 0 saturated heterocycles. The fraction of sp³-hybridized carbons (Fsp3) is 0.206. The zero-order valence-corrected chi connectivity index (χ0v) is 24.5. The second kappa shape index (κ2) is 13.5. The van der Waals surface area contributed by atoms with Crippen LogP contribution in [0.1, 0.15) is 34.7 Å². The number of thiophene rings is 1. The topological polar surface area (TPSA) is 93.9 Å². The minimum Gasteiger partial charge on any atom is -0.493 e. The number of nitrogens with zero attached hydrogens (tertiary/aromatic N) is 4. The summed E-state index contributed by atoms with van der Waals surface area (Å²) < 4.78 is 12.1. The van der Waals surface area contributed by atoms with Gasteiger partial charge >= 0.3 is 0 Å². The molecule has 0 spiro atoms. The predicted octanol–water partition coefficient (Wildman–Crippen LogP) is 7.22. The zero-order valence-electron chi connectivity index (χ0n) is 23.7. The SMILES string of the molecule is [C-]#[N+]C1=C(/C=C/c2ccc(/C=C/c3ccc(N(C)CCO)cc3OCc3ccccc3)s2)C(C)(C)OC1=C(C#N)C#N. The van der Waals surface area contributed by atoms with Gasteiger partial charge in [-0.1, -0.05) is 36.4 Å². The molecule has 42 heavy (non-hydrogen) atoms. The number of aliphatic hydroxyl groups is 1. The fourth-order valence-electron chi connectivity index (χ4n) is 4.38. The van der Waals surface area contributed by atoms with E-state index in [1.807, 2.05) is 123 Å². The molecule has 3 aromatic rings. The van der Waals surface area contributed by atoms with Crippen molar-refractivity contribution in [3.8, 4) is 17.9 Å². The molecule has 4 rings (SSSR count).